The zero-order valence-electron chi connectivity index (χ0n) is 16.2. The standard InChI is InChI=1S/C24H23F2NO/c1-4-24(2,3)18-6-10-20(11-7-18)28-21-12-8-19(9-13-21)27-16-17-5-14-22(25)23(26)15-17/h5-16H,4H2,1-3H3. The Morgan fingerprint density at radius 1 is 0.857 bits per heavy atom. The predicted octanol–water partition coefficient (Wildman–Crippen LogP) is 7.20. The lowest BCUT2D eigenvalue weighted by atomic mass is 9.82. The number of rotatable bonds is 6. The molecule has 0 radical (unpaired) electrons. The molecular formula is C24H23F2NO. The molecule has 0 atom stereocenters. The molecule has 0 unspecified atom stereocenters. The van der Waals surface area contributed by atoms with Crippen LogP contribution in [0.4, 0.5) is 14.5 Å². The number of nitrogens with zero attached hydrogens (tertiary/aromatic N) is 1. The quantitative estimate of drug-likeness (QED) is 0.415. The molecule has 4 heteroatoms. The van der Waals surface area contributed by atoms with E-state index in [1.165, 1.54) is 17.8 Å². The topological polar surface area (TPSA) is 21.6 Å². The van der Waals surface area contributed by atoms with E-state index in [2.05, 4.69) is 37.9 Å². The molecule has 2 nitrogen and oxygen atoms in total. The van der Waals surface area contributed by atoms with Gasteiger partial charge in [0.1, 0.15) is 11.5 Å². The van der Waals surface area contributed by atoms with E-state index in [1.807, 2.05) is 24.3 Å². The van der Waals surface area contributed by atoms with Crippen molar-refractivity contribution in [2.24, 2.45) is 4.99 Å². The summed E-state index contributed by atoms with van der Waals surface area (Å²) in [5, 5.41) is 0. The first-order chi connectivity index (χ1) is 13.4. The van der Waals surface area contributed by atoms with Crippen molar-refractivity contribution in [2.45, 2.75) is 32.6 Å². The van der Waals surface area contributed by atoms with E-state index in [0.717, 1.165) is 24.3 Å². The summed E-state index contributed by atoms with van der Waals surface area (Å²) in [7, 11) is 0. The van der Waals surface area contributed by atoms with E-state index in [-0.39, 0.29) is 5.41 Å². The normalized spacial score (nSPS) is 11.8. The zero-order chi connectivity index (χ0) is 20.1. The van der Waals surface area contributed by atoms with Gasteiger partial charge in [0.15, 0.2) is 11.6 Å². The molecule has 0 N–H and O–H groups in total. The highest BCUT2D eigenvalue weighted by atomic mass is 19.2. The average Bonchev–Trinajstić information content (AvgIpc) is 2.70. The second-order valence-corrected chi connectivity index (χ2v) is 7.29. The first-order valence-electron chi connectivity index (χ1n) is 9.25. The highest BCUT2D eigenvalue weighted by Crippen LogP contribution is 2.30. The van der Waals surface area contributed by atoms with Gasteiger partial charge in [0.2, 0.25) is 0 Å². The second-order valence-electron chi connectivity index (χ2n) is 7.29. The van der Waals surface area contributed by atoms with Crippen molar-refractivity contribution in [3.63, 3.8) is 0 Å². The van der Waals surface area contributed by atoms with Gasteiger partial charge >= 0.3 is 0 Å². The van der Waals surface area contributed by atoms with Crippen LogP contribution in [0.3, 0.4) is 0 Å². The fourth-order valence-corrected chi connectivity index (χ4v) is 2.66. The van der Waals surface area contributed by atoms with E-state index < -0.39 is 11.6 Å². The summed E-state index contributed by atoms with van der Waals surface area (Å²) in [6.45, 7) is 6.63. The minimum atomic E-state index is -0.888. The Hall–Kier alpha value is -3.01. The Balaban J connectivity index is 1.65. The Morgan fingerprint density at radius 3 is 2.04 bits per heavy atom. The highest BCUT2D eigenvalue weighted by Gasteiger charge is 2.17. The minimum absolute atomic E-state index is 0.144. The highest BCUT2D eigenvalue weighted by molar-refractivity contribution is 5.81. The Bertz CT molecular complexity index is 961. The molecule has 0 spiro atoms. The molecule has 0 saturated heterocycles. The molecule has 3 rings (SSSR count). The molecule has 3 aromatic carbocycles. The minimum Gasteiger partial charge on any atom is -0.457 e. The number of halogens is 2. The van der Waals surface area contributed by atoms with Crippen molar-refractivity contribution in [3.05, 3.63) is 89.5 Å². The van der Waals surface area contributed by atoms with E-state index >= 15 is 0 Å². The fourth-order valence-electron chi connectivity index (χ4n) is 2.66. The Morgan fingerprint density at radius 2 is 1.46 bits per heavy atom. The molecule has 0 bridgehead atoms. The summed E-state index contributed by atoms with van der Waals surface area (Å²) in [4.78, 5) is 4.27. The lowest BCUT2D eigenvalue weighted by Gasteiger charge is -2.23. The van der Waals surface area contributed by atoms with Crippen molar-refractivity contribution < 1.29 is 13.5 Å². The molecule has 0 saturated carbocycles. The molecule has 0 heterocycles. The molecule has 144 valence electrons. The molecular weight excluding hydrogens is 356 g/mol. The lowest BCUT2D eigenvalue weighted by molar-refractivity contribution is 0.478. The van der Waals surface area contributed by atoms with Gasteiger partial charge in [-0.15, -0.1) is 0 Å². The molecule has 0 amide bonds. The van der Waals surface area contributed by atoms with Gasteiger partial charge in [-0.2, -0.15) is 0 Å². The Kier molecular flexibility index (Phi) is 5.88. The second kappa shape index (κ2) is 8.34. The van der Waals surface area contributed by atoms with Gasteiger partial charge in [-0.1, -0.05) is 39.0 Å². The molecule has 0 fully saturated rings. The summed E-state index contributed by atoms with van der Waals surface area (Å²) < 4.78 is 32.1. The first-order valence-corrected chi connectivity index (χ1v) is 9.25. The lowest BCUT2D eigenvalue weighted by Crippen LogP contribution is -2.14. The molecule has 0 aliphatic rings. The van der Waals surface area contributed by atoms with E-state index in [4.69, 9.17) is 4.74 Å². The molecule has 0 aromatic heterocycles. The van der Waals surface area contributed by atoms with Gasteiger partial charge in [0.05, 0.1) is 5.69 Å². The van der Waals surface area contributed by atoms with Crippen molar-refractivity contribution >= 4 is 11.9 Å². The van der Waals surface area contributed by atoms with Crippen LogP contribution in [-0.4, -0.2) is 6.21 Å². The smallest absolute Gasteiger partial charge is 0.159 e. The summed E-state index contributed by atoms with van der Waals surface area (Å²) >= 11 is 0. The third kappa shape index (κ3) is 4.83. The van der Waals surface area contributed by atoms with Crippen molar-refractivity contribution in [3.8, 4) is 11.5 Å². The average molecular weight is 379 g/mol. The van der Waals surface area contributed by atoms with Crippen LogP contribution in [0, 0.1) is 11.6 Å². The summed E-state index contributed by atoms with van der Waals surface area (Å²) in [6, 6.07) is 19.1. The van der Waals surface area contributed by atoms with Crippen LogP contribution in [0.15, 0.2) is 71.7 Å². The van der Waals surface area contributed by atoms with E-state index in [9.17, 15) is 8.78 Å². The largest absolute Gasteiger partial charge is 0.457 e. The number of benzene rings is 3. The van der Waals surface area contributed by atoms with Crippen molar-refractivity contribution in [1.82, 2.24) is 0 Å². The zero-order valence-corrected chi connectivity index (χ0v) is 16.2. The number of aliphatic imine (C=N–C) groups is 1. The third-order valence-electron chi connectivity index (χ3n) is 4.90. The summed E-state index contributed by atoms with van der Waals surface area (Å²) in [5.41, 5.74) is 2.61. The van der Waals surface area contributed by atoms with Crippen LogP contribution >= 0.6 is 0 Å². The maximum Gasteiger partial charge on any atom is 0.159 e. The fraction of sp³-hybridized carbons (Fsp3) is 0.208. The van der Waals surface area contributed by atoms with Gasteiger partial charge < -0.3 is 4.74 Å². The van der Waals surface area contributed by atoms with Gasteiger partial charge in [0, 0.05) is 6.21 Å². The van der Waals surface area contributed by atoms with Gasteiger partial charge in [-0.05, 0) is 71.5 Å². The van der Waals surface area contributed by atoms with E-state index in [1.54, 1.807) is 12.1 Å². The molecule has 0 aliphatic heterocycles. The van der Waals surface area contributed by atoms with Crippen molar-refractivity contribution in [2.75, 3.05) is 0 Å². The predicted molar refractivity (Wildman–Crippen MR) is 110 cm³/mol. The van der Waals surface area contributed by atoms with Crippen LogP contribution < -0.4 is 4.74 Å². The first kappa shape index (κ1) is 19.7. The molecule has 28 heavy (non-hydrogen) atoms. The van der Waals surface area contributed by atoms with E-state index in [0.29, 0.717) is 17.0 Å². The van der Waals surface area contributed by atoms with Gasteiger partial charge in [-0.25, -0.2) is 8.78 Å². The SMILES string of the molecule is CCC(C)(C)c1ccc(Oc2ccc(N=Cc3ccc(F)c(F)c3)cc2)cc1. The maximum absolute atomic E-state index is 13.2. The number of ether oxygens (including phenoxy) is 1. The molecule has 3 aromatic rings. The third-order valence-corrected chi connectivity index (χ3v) is 4.90. The van der Waals surface area contributed by atoms with Crippen LogP contribution in [0.25, 0.3) is 0 Å². The van der Waals surface area contributed by atoms with Crippen LogP contribution in [0.5, 0.6) is 11.5 Å². The van der Waals surface area contributed by atoms with Crippen molar-refractivity contribution in [1.29, 1.82) is 0 Å². The molecule has 0 aliphatic carbocycles. The monoisotopic (exact) mass is 379 g/mol. The Labute approximate surface area is 164 Å². The number of hydrogen-bond acceptors (Lipinski definition) is 2. The summed E-state index contributed by atoms with van der Waals surface area (Å²) in [5.74, 6) is -0.283. The van der Waals surface area contributed by atoms with Crippen LogP contribution in [0.1, 0.15) is 38.3 Å². The van der Waals surface area contributed by atoms with Gasteiger partial charge in [0.25, 0.3) is 0 Å². The van der Waals surface area contributed by atoms with Gasteiger partial charge in [-0.3, -0.25) is 4.99 Å². The number of hydrogen-bond donors (Lipinski definition) is 0. The summed E-state index contributed by atoms with van der Waals surface area (Å²) in [6.07, 6.45) is 2.56. The van der Waals surface area contributed by atoms with Crippen LogP contribution in [0.2, 0.25) is 0 Å². The van der Waals surface area contributed by atoms with Crippen LogP contribution in [-0.2, 0) is 5.41 Å². The maximum atomic E-state index is 13.2.